The first-order valence-electron chi connectivity index (χ1n) is 6.24. The summed E-state index contributed by atoms with van der Waals surface area (Å²) in [7, 11) is 0. The Labute approximate surface area is 127 Å². The van der Waals surface area contributed by atoms with Crippen LogP contribution in [0.5, 0.6) is 11.8 Å². The smallest absolute Gasteiger partial charge is 0.316 e. The molecule has 6 nitrogen and oxygen atoms in total. The number of rotatable bonds is 6. The molecule has 110 valence electrons. The second-order valence-electron chi connectivity index (χ2n) is 4.09. The summed E-state index contributed by atoms with van der Waals surface area (Å²) in [6, 6.07) is 7.32. The van der Waals surface area contributed by atoms with Gasteiger partial charge in [-0.25, -0.2) is 9.97 Å². The summed E-state index contributed by atoms with van der Waals surface area (Å²) in [6.45, 7) is 2.13. The number of ether oxygens (including phenoxy) is 2. The molecule has 2 rings (SSSR count). The monoisotopic (exact) mass is 307 g/mol. The van der Waals surface area contributed by atoms with Gasteiger partial charge in [0.1, 0.15) is 19.0 Å². The molecule has 0 radical (unpaired) electrons. The van der Waals surface area contributed by atoms with Gasteiger partial charge in [-0.2, -0.15) is 0 Å². The highest BCUT2D eigenvalue weighted by atomic mass is 35.5. The van der Waals surface area contributed by atoms with Gasteiger partial charge in [0.05, 0.1) is 17.4 Å². The van der Waals surface area contributed by atoms with E-state index in [2.05, 4.69) is 15.3 Å². The van der Waals surface area contributed by atoms with E-state index in [1.54, 1.807) is 24.3 Å². The number of carbonyl (C=O) groups is 1. The molecule has 1 aromatic heterocycles. The predicted molar refractivity (Wildman–Crippen MR) is 78.8 cm³/mol. The Morgan fingerprint density at radius 2 is 1.76 bits per heavy atom. The molecule has 0 saturated heterocycles. The van der Waals surface area contributed by atoms with Crippen LogP contribution in [0.15, 0.2) is 36.7 Å². The Hall–Kier alpha value is -2.34. The van der Waals surface area contributed by atoms with E-state index in [1.807, 2.05) is 0 Å². The summed E-state index contributed by atoms with van der Waals surface area (Å²) in [6.07, 6.45) is 2.93. The maximum absolute atomic E-state index is 10.9. The van der Waals surface area contributed by atoms with Crippen LogP contribution in [0.2, 0.25) is 5.02 Å². The molecule has 0 unspecified atom stereocenters. The van der Waals surface area contributed by atoms with Crippen molar-refractivity contribution in [2.24, 2.45) is 0 Å². The molecular weight excluding hydrogens is 294 g/mol. The lowest BCUT2D eigenvalue weighted by Gasteiger charge is -2.08. The van der Waals surface area contributed by atoms with Gasteiger partial charge in [0.15, 0.2) is 0 Å². The number of nitrogens with zero attached hydrogens (tertiary/aromatic N) is 2. The van der Waals surface area contributed by atoms with Gasteiger partial charge in [-0.3, -0.25) is 4.79 Å². The van der Waals surface area contributed by atoms with E-state index in [0.717, 1.165) is 5.69 Å². The van der Waals surface area contributed by atoms with Gasteiger partial charge < -0.3 is 14.8 Å². The number of carbonyl (C=O) groups excluding carboxylic acids is 1. The summed E-state index contributed by atoms with van der Waals surface area (Å²) in [5.41, 5.74) is 0.723. The normalized spacial score (nSPS) is 10.0. The lowest BCUT2D eigenvalue weighted by atomic mass is 10.3. The van der Waals surface area contributed by atoms with Crippen molar-refractivity contribution in [2.75, 3.05) is 18.5 Å². The minimum Gasteiger partial charge on any atom is -0.490 e. The number of aromatic nitrogens is 2. The van der Waals surface area contributed by atoms with E-state index in [9.17, 15) is 4.79 Å². The Morgan fingerprint density at radius 3 is 2.38 bits per heavy atom. The van der Waals surface area contributed by atoms with E-state index < -0.39 is 0 Å². The van der Waals surface area contributed by atoms with Gasteiger partial charge in [-0.1, -0.05) is 11.6 Å². The highest BCUT2D eigenvalue weighted by molar-refractivity contribution is 6.30. The molecule has 0 aliphatic heterocycles. The highest BCUT2D eigenvalue weighted by Crippen LogP contribution is 2.15. The van der Waals surface area contributed by atoms with E-state index >= 15 is 0 Å². The van der Waals surface area contributed by atoms with E-state index in [4.69, 9.17) is 21.1 Å². The number of nitrogens with one attached hydrogen (secondary N) is 1. The summed E-state index contributed by atoms with van der Waals surface area (Å²) < 4.78 is 10.8. The van der Waals surface area contributed by atoms with Gasteiger partial charge in [-0.15, -0.1) is 0 Å². The SMILES string of the molecule is CC(=O)Nc1ccc(OCCOc2ncc(Cl)cn2)cc1. The second kappa shape index (κ2) is 7.44. The minimum absolute atomic E-state index is 0.111. The number of halogens is 1. The molecule has 0 atom stereocenters. The van der Waals surface area contributed by atoms with Crippen molar-refractivity contribution < 1.29 is 14.3 Å². The number of hydrogen-bond donors (Lipinski definition) is 1. The molecule has 2 aromatic rings. The Kier molecular flexibility index (Phi) is 5.34. The van der Waals surface area contributed by atoms with Gasteiger partial charge in [-0.05, 0) is 24.3 Å². The molecule has 0 saturated carbocycles. The predicted octanol–water partition coefficient (Wildman–Crippen LogP) is 2.55. The summed E-state index contributed by atoms with van der Waals surface area (Å²) >= 11 is 5.67. The fourth-order valence-corrected chi connectivity index (χ4v) is 1.60. The Bertz CT molecular complexity index is 587. The van der Waals surface area contributed by atoms with Crippen molar-refractivity contribution >= 4 is 23.2 Å². The molecular formula is C14H14ClN3O3. The zero-order valence-corrected chi connectivity index (χ0v) is 12.1. The van der Waals surface area contributed by atoms with Crippen molar-refractivity contribution in [3.63, 3.8) is 0 Å². The highest BCUT2D eigenvalue weighted by Gasteiger charge is 1.99. The molecule has 1 N–H and O–H groups in total. The van der Waals surface area contributed by atoms with Crippen LogP contribution in [-0.4, -0.2) is 29.1 Å². The van der Waals surface area contributed by atoms with Crippen LogP contribution >= 0.6 is 11.6 Å². The summed E-state index contributed by atoms with van der Waals surface area (Å²) in [4.78, 5) is 18.7. The van der Waals surface area contributed by atoms with Crippen molar-refractivity contribution in [2.45, 2.75) is 6.92 Å². The van der Waals surface area contributed by atoms with Crippen molar-refractivity contribution in [3.8, 4) is 11.8 Å². The van der Waals surface area contributed by atoms with Crippen LogP contribution in [0.3, 0.4) is 0 Å². The van der Waals surface area contributed by atoms with Crippen LogP contribution in [0.1, 0.15) is 6.92 Å². The standard InChI is InChI=1S/C14H14ClN3O3/c1-10(19)18-12-2-4-13(5-3-12)20-6-7-21-14-16-8-11(15)9-17-14/h2-5,8-9H,6-7H2,1H3,(H,18,19). The molecule has 0 aliphatic carbocycles. The Balaban J connectivity index is 1.73. The maximum atomic E-state index is 10.9. The van der Waals surface area contributed by atoms with Crippen molar-refractivity contribution in [3.05, 3.63) is 41.7 Å². The van der Waals surface area contributed by atoms with Crippen LogP contribution in [0, 0.1) is 0 Å². The van der Waals surface area contributed by atoms with Gasteiger partial charge in [0, 0.05) is 12.6 Å². The molecule has 21 heavy (non-hydrogen) atoms. The molecule has 0 spiro atoms. The zero-order valence-electron chi connectivity index (χ0n) is 11.4. The van der Waals surface area contributed by atoms with E-state index in [1.165, 1.54) is 19.3 Å². The fraction of sp³-hybridized carbons (Fsp3) is 0.214. The lowest BCUT2D eigenvalue weighted by molar-refractivity contribution is -0.114. The average molecular weight is 308 g/mol. The first kappa shape index (κ1) is 15.1. The Morgan fingerprint density at radius 1 is 1.14 bits per heavy atom. The molecule has 1 aromatic carbocycles. The van der Waals surface area contributed by atoms with Crippen LogP contribution in [0.4, 0.5) is 5.69 Å². The maximum Gasteiger partial charge on any atom is 0.316 e. The number of hydrogen-bond acceptors (Lipinski definition) is 5. The average Bonchev–Trinajstić information content (AvgIpc) is 2.46. The molecule has 1 heterocycles. The molecule has 1 amide bonds. The summed E-state index contributed by atoms with van der Waals surface area (Å²) in [5, 5.41) is 3.14. The molecule has 0 aliphatic rings. The van der Waals surface area contributed by atoms with Crippen LogP contribution in [0.25, 0.3) is 0 Å². The second-order valence-corrected chi connectivity index (χ2v) is 4.52. The topological polar surface area (TPSA) is 73.3 Å². The third kappa shape index (κ3) is 5.27. The molecule has 0 bridgehead atoms. The first-order valence-corrected chi connectivity index (χ1v) is 6.62. The fourth-order valence-electron chi connectivity index (χ4n) is 1.51. The van der Waals surface area contributed by atoms with E-state index in [0.29, 0.717) is 24.0 Å². The van der Waals surface area contributed by atoms with Gasteiger partial charge in [0.2, 0.25) is 5.91 Å². The quantitative estimate of drug-likeness (QED) is 0.830. The van der Waals surface area contributed by atoms with Crippen LogP contribution < -0.4 is 14.8 Å². The third-order valence-corrected chi connectivity index (χ3v) is 2.55. The van der Waals surface area contributed by atoms with Crippen molar-refractivity contribution in [1.82, 2.24) is 9.97 Å². The molecule has 0 fully saturated rings. The first-order chi connectivity index (χ1) is 10.1. The molecule has 7 heteroatoms. The lowest BCUT2D eigenvalue weighted by Crippen LogP contribution is -2.10. The van der Waals surface area contributed by atoms with Crippen LogP contribution in [-0.2, 0) is 4.79 Å². The largest absolute Gasteiger partial charge is 0.490 e. The number of amides is 1. The van der Waals surface area contributed by atoms with Gasteiger partial charge in [0.25, 0.3) is 0 Å². The number of benzene rings is 1. The minimum atomic E-state index is -0.111. The summed E-state index contributed by atoms with van der Waals surface area (Å²) in [5.74, 6) is 0.574. The van der Waals surface area contributed by atoms with Crippen molar-refractivity contribution in [1.29, 1.82) is 0 Å². The van der Waals surface area contributed by atoms with Gasteiger partial charge >= 0.3 is 6.01 Å². The van der Waals surface area contributed by atoms with E-state index in [-0.39, 0.29) is 11.9 Å². The zero-order chi connectivity index (χ0) is 15.1. The third-order valence-electron chi connectivity index (χ3n) is 2.35. The number of anilines is 1.